The fourth-order valence-electron chi connectivity index (χ4n) is 2.50. The van der Waals surface area contributed by atoms with Gasteiger partial charge in [-0.15, -0.1) is 0 Å². The van der Waals surface area contributed by atoms with Gasteiger partial charge in [0.2, 0.25) is 5.91 Å². The second kappa shape index (κ2) is 6.06. The molecule has 1 fully saturated rings. The van der Waals surface area contributed by atoms with Crippen molar-refractivity contribution in [3.63, 3.8) is 0 Å². The van der Waals surface area contributed by atoms with Gasteiger partial charge in [-0.25, -0.2) is 0 Å². The molecular formula is C15H22N2O2. The summed E-state index contributed by atoms with van der Waals surface area (Å²) < 4.78 is 5.12. The van der Waals surface area contributed by atoms with E-state index < -0.39 is 0 Å². The van der Waals surface area contributed by atoms with Crippen LogP contribution in [0.25, 0.3) is 0 Å². The van der Waals surface area contributed by atoms with E-state index >= 15 is 0 Å². The minimum atomic E-state index is -0.134. The molecule has 1 aliphatic rings. The standard InChI is InChI=1S/C15H22N2O2/c1-3-11-8-15(18)17(9-11)10-14(16)12-4-6-13(19-2)7-5-12/h4-7,11,14H,3,8-10,16H2,1-2H3. The molecule has 1 amide bonds. The lowest BCUT2D eigenvalue weighted by molar-refractivity contribution is -0.127. The summed E-state index contributed by atoms with van der Waals surface area (Å²) in [6.45, 7) is 3.58. The second-order valence-corrected chi connectivity index (χ2v) is 5.16. The van der Waals surface area contributed by atoms with Crippen LogP contribution in [0.15, 0.2) is 24.3 Å². The van der Waals surface area contributed by atoms with E-state index in [1.165, 1.54) is 0 Å². The lowest BCUT2D eigenvalue weighted by Crippen LogP contribution is -2.33. The maximum atomic E-state index is 11.9. The minimum Gasteiger partial charge on any atom is -0.497 e. The topological polar surface area (TPSA) is 55.6 Å². The minimum absolute atomic E-state index is 0.134. The monoisotopic (exact) mass is 262 g/mol. The van der Waals surface area contributed by atoms with Crippen LogP contribution >= 0.6 is 0 Å². The van der Waals surface area contributed by atoms with Crippen LogP contribution in [-0.4, -0.2) is 31.0 Å². The van der Waals surface area contributed by atoms with Crippen molar-refractivity contribution >= 4 is 5.91 Å². The van der Waals surface area contributed by atoms with E-state index in [1.54, 1.807) is 7.11 Å². The first kappa shape index (κ1) is 13.9. The number of nitrogens with two attached hydrogens (primary N) is 1. The predicted octanol–water partition coefficient (Wildman–Crippen LogP) is 1.95. The Morgan fingerprint density at radius 1 is 1.42 bits per heavy atom. The third kappa shape index (κ3) is 3.26. The normalized spacial score (nSPS) is 20.7. The van der Waals surface area contributed by atoms with Gasteiger partial charge in [-0.05, 0) is 23.6 Å². The van der Waals surface area contributed by atoms with E-state index in [1.807, 2.05) is 29.2 Å². The van der Waals surface area contributed by atoms with Crippen LogP contribution in [0.5, 0.6) is 5.75 Å². The molecule has 19 heavy (non-hydrogen) atoms. The maximum absolute atomic E-state index is 11.9. The molecule has 1 saturated heterocycles. The summed E-state index contributed by atoms with van der Waals surface area (Å²) in [6.07, 6.45) is 1.73. The number of nitrogens with zero attached hydrogens (tertiary/aromatic N) is 1. The van der Waals surface area contributed by atoms with Gasteiger partial charge in [0.1, 0.15) is 5.75 Å². The molecule has 104 valence electrons. The third-order valence-corrected chi connectivity index (χ3v) is 3.83. The van der Waals surface area contributed by atoms with E-state index in [4.69, 9.17) is 10.5 Å². The van der Waals surface area contributed by atoms with Gasteiger partial charge in [-0.2, -0.15) is 0 Å². The highest BCUT2D eigenvalue weighted by Gasteiger charge is 2.29. The molecule has 0 saturated carbocycles. The Bertz CT molecular complexity index is 430. The molecule has 1 heterocycles. The summed E-state index contributed by atoms with van der Waals surface area (Å²) in [5.41, 5.74) is 7.22. The molecule has 2 N–H and O–H groups in total. The zero-order valence-electron chi connectivity index (χ0n) is 11.6. The van der Waals surface area contributed by atoms with Crippen LogP contribution in [0.3, 0.4) is 0 Å². The van der Waals surface area contributed by atoms with Crippen molar-refractivity contribution in [1.82, 2.24) is 4.90 Å². The van der Waals surface area contributed by atoms with E-state index in [9.17, 15) is 4.79 Å². The van der Waals surface area contributed by atoms with Crippen LogP contribution in [0, 0.1) is 5.92 Å². The van der Waals surface area contributed by atoms with Crippen LogP contribution < -0.4 is 10.5 Å². The average molecular weight is 262 g/mol. The van der Waals surface area contributed by atoms with Crippen molar-refractivity contribution in [2.75, 3.05) is 20.2 Å². The Balaban J connectivity index is 1.96. The summed E-state index contributed by atoms with van der Waals surface area (Å²) in [6, 6.07) is 7.58. The summed E-state index contributed by atoms with van der Waals surface area (Å²) in [5.74, 6) is 1.55. The highest BCUT2D eigenvalue weighted by molar-refractivity contribution is 5.78. The Kier molecular flexibility index (Phi) is 4.43. The van der Waals surface area contributed by atoms with Crippen molar-refractivity contribution in [3.8, 4) is 5.75 Å². The number of carbonyl (C=O) groups is 1. The number of ether oxygens (including phenoxy) is 1. The lowest BCUT2D eigenvalue weighted by atomic mass is 10.1. The molecule has 0 spiro atoms. The fourth-order valence-corrected chi connectivity index (χ4v) is 2.50. The van der Waals surface area contributed by atoms with Gasteiger partial charge in [0.05, 0.1) is 7.11 Å². The third-order valence-electron chi connectivity index (χ3n) is 3.83. The summed E-state index contributed by atoms with van der Waals surface area (Å²) in [7, 11) is 1.64. The maximum Gasteiger partial charge on any atom is 0.222 e. The Labute approximate surface area is 114 Å². The predicted molar refractivity (Wildman–Crippen MR) is 74.9 cm³/mol. The van der Waals surface area contributed by atoms with Gasteiger partial charge >= 0.3 is 0 Å². The first-order chi connectivity index (χ1) is 9.13. The Morgan fingerprint density at radius 2 is 2.11 bits per heavy atom. The average Bonchev–Trinajstić information content (AvgIpc) is 2.79. The Morgan fingerprint density at radius 3 is 2.63 bits per heavy atom. The summed E-state index contributed by atoms with van der Waals surface area (Å²) in [4.78, 5) is 13.8. The summed E-state index contributed by atoms with van der Waals surface area (Å²) in [5, 5.41) is 0. The largest absolute Gasteiger partial charge is 0.497 e. The first-order valence-corrected chi connectivity index (χ1v) is 6.81. The zero-order chi connectivity index (χ0) is 13.8. The molecule has 2 rings (SSSR count). The van der Waals surface area contributed by atoms with Crippen LogP contribution in [-0.2, 0) is 4.79 Å². The smallest absolute Gasteiger partial charge is 0.222 e. The van der Waals surface area contributed by atoms with E-state index in [0.717, 1.165) is 24.3 Å². The molecule has 1 aliphatic heterocycles. The van der Waals surface area contributed by atoms with Crippen molar-refractivity contribution in [2.24, 2.45) is 11.7 Å². The van der Waals surface area contributed by atoms with Gasteiger partial charge in [0.25, 0.3) is 0 Å². The van der Waals surface area contributed by atoms with E-state index in [2.05, 4.69) is 6.92 Å². The molecule has 0 radical (unpaired) electrons. The van der Waals surface area contributed by atoms with Crippen molar-refractivity contribution in [3.05, 3.63) is 29.8 Å². The zero-order valence-corrected chi connectivity index (χ0v) is 11.6. The van der Waals surface area contributed by atoms with E-state index in [0.29, 0.717) is 18.9 Å². The van der Waals surface area contributed by atoms with Crippen molar-refractivity contribution < 1.29 is 9.53 Å². The SMILES string of the molecule is CCC1CC(=O)N(CC(N)c2ccc(OC)cc2)C1. The van der Waals surface area contributed by atoms with Crippen molar-refractivity contribution in [2.45, 2.75) is 25.8 Å². The number of amides is 1. The Hall–Kier alpha value is -1.55. The van der Waals surface area contributed by atoms with E-state index in [-0.39, 0.29) is 11.9 Å². The van der Waals surface area contributed by atoms with Crippen LogP contribution in [0.1, 0.15) is 31.4 Å². The molecule has 2 atom stereocenters. The lowest BCUT2D eigenvalue weighted by Gasteiger charge is -2.21. The quantitative estimate of drug-likeness (QED) is 0.882. The van der Waals surface area contributed by atoms with Gasteiger partial charge in [-0.3, -0.25) is 4.79 Å². The van der Waals surface area contributed by atoms with Gasteiger partial charge in [0, 0.05) is 25.6 Å². The molecule has 0 aromatic heterocycles. The molecule has 4 heteroatoms. The van der Waals surface area contributed by atoms with Crippen LogP contribution in [0.2, 0.25) is 0 Å². The molecule has 2 unspecified atom stereocenters. The fraction of sp³-hybridized carbons (Fsp3) is 0.533. The number of hydrogen-bond donors (Lipinski definition) is 1. The molecule has 0 aliphatic carbocycles. The summed E-state index contributed by atoms with van der Waals surface area (Å²) >= 11 is 0. The molecule has 1 aromatic carbocycles. The molecule has 1 aromatic rings. The molecule has 4 nitrogen and oxygen atoms in total. The molecule has 0 bridgehead atoms. The second-order valence-electron chi connectivity index (χ2n) is 5.16. The van der Waals surface area contributed by atoms with Crippen LogP contribution in [0.4, 0.5) is 0 Å². The van der Waals surface area contributed by atoms with Crippen molar-refractivity contribution in [1.29, 1.82) is 0 Å². The first-order valence-electron chi connectivity index (χ1n) is 6.81. The number of carbonyl (C=O) groups excluding carboxylic acids is 1. The number of hydrogen-bond acceptors (Lipinski definition) is 3. The van der Waals surface area contributed by atoms with Gasteiger partial charge in [-0.1, -0.05) is 25.5 Å². The van der Waals surface area contributed by atoms with Gasteiger partial charge in [0.15, 0.2) is 0 Å². The number of rotatable bonds is 5. The highest BCUT2D eigenvalue weighted by Crippen LogP contribution is 2.23. The number of methoxy groups -OCH3 is 1. The highest BCUT2D eigenvalue weighted by atomic mass is 16.5. The number of likely N-dealkylation sites (tertiary alicyclic amines) is 1. The molecular weight excluding hydrogens is 240 g/mol. The van der Waals surface area contributed by atoms with Gasteiger partial charge < -0.3 is 15.4 Å². The number of benzene rings is 1.